The highest BCUT2D eigenvalue weighted by Crippen LogP contribution is 2.37. The standard InChI is InChI=1S/C18H31NO4/c1-4-5-6-7-8-9-18(21)23-15-10-14-11-17(22-13(2)20)16(12-15)19(14)3/h14-17H,4-12H2,1-3H3. The molecular formula is C18H31NO4. The third-order valence-corrected chi connectivity index (χ3v) is 5.17. The maximum atomic E-state index is 12.0. The lowest BCUT2D eigenvalue weighted by atomic mass is 10.00. The van der Waals surface area contributed by atoms with E-state index in [1.807, 2.05) is 0 Å². The summed E-state index contributed by atoms with van der Waals surface area (Å²) in [5.74, 6) is -0.295. The van der Waals surface area contributed by atoms with E-state index in [0.29, 0.717) is 12.5 Å². The van der Waals surface area contributed by atoms with Crippen LogP contribution in [-0.4, -0.2) is 48.2 Å². The largest absolute Gasteiger partial charge is 0.462 e. The molecule has 2 aliphatic rings. The predicted molar refractivity (Wildman–Crippen MR) is 88.0 cm³/mol. The minimum Gasteiger partial charge on any atom is -0.462 e. The fourth-order valence-electron chi connectivity index (χ4n) is 3.93. The zero-order chi connectivity index (χ0) is 16.8. The highest BCUT2D eigenvalue weighted by molar-refractivity contribution is 5.69. The number of carbonyl (C=O) groups excluding carboxylic acids is 2. The number of hydrogen-bond donors (Lipinski definition) is 0. The first-order chi connectivity index (χ1) is 11.0. The van der Waals surface area contributed by atoms with Gasteiger partial charge >= 0.3 is 11.9 Å². The van der Waals surface area contributed by atoms with E-state index < -0.39 is 0 Å². The van der Waals surface area contributed by atoms with Crippen molar-refractivity contribution in [1.29, 1.82) is 0 Å². The number of likely N-dealkylation sites (N-methyl/N-ethyl adjacent to an activating group) is 1. The summed E-state index contributed by atoms with van der Waals surface area (Å²) in [6, 6.07) is 0.528. The normalized spacial score (nSPS) is 30.2. The van der Waals surface area contributed by atoms with E-state index in [4.69, 9.17) is 9.47 Å². The van der Waals surface area contributed by atoms with Crippen molar-refractivity contribution in [3.63, 3.8) is 0 Å². The number of hydrogen-bond acceptors (Lipinski definition) is 5. The monoisotopic (exact) mass is 325 g/mol. The molecule has 132 valence electrons. The Kier molecular flexibility index (Phi) is 6.88. The van der Waals surface area contributed by atoms with Crippen molar-refractivity contribution in [2.45, 2.75) is 95.9 Å². The van der Waals surface area contributed by atoms with Gasteiger partial charge in [0.2, 0.25) is 0 Å². The summed E-state index contributed by atoms with van der Waals surface area (Å²) in [6.45, 7) is 3.64. The molecule has 5 nitrogen and oxygen atoms in total. The van der Waals surface area contributed by atoms with Gasteiger partial charge in [0.25, 0.3) is 0 Å². The number of rotatable bonds is 8. The molecule has 0 radical (unpaired) electrons. The van der Waals surface area contributed by atoms with Crippen LogP contribution in [0.5, 0.6) is 0 Å². The van der Waals surface area contributed by atoms with E-state index in [0.717, 1.165) is 32.1 Å². The second-order valence-electron chi connectivity index (χ2n) is 7.02. The molecule has 0 spiro atoms. The molecule has 0 aliphatic carbocycles. The van der Waals surface area contributed by atoms with Crippen LogP contribution in [0.1, 0.15) is 71.6 Å². The Morgan fingerprint density at radius 2 is 1.78 bits per heavy atom. The van der Waals surface area contributed by atoms with Crippen molar-refractivity contribution < 1.29 is 19.1 Å². The van der Waals surface area contributed by atoms with Crippen molar-refractivity contribution in [3.05, 3.63) is 0 Å². The molecule has 0 N–H and O–H groups in total. The van der Waals surface area contributed by atoms with E-state index in [2.05, 4.69) is 18.9 Å². The van der Waals surface area contributed by atoms with Crippen LogP contribution < -0.4 is 0 Å². The smallest absolute Gasteiger partial charge is 0.306 e. The predicted octanol–water partition coefficient (Wildman–Crippen LogP) is 3.06. The minimum absolute atomic E-state index is 0.0232. The maximum absolute atomic E-state index is 12.0. The van der Waals surface area contributed by atoms with Crippen LogP contribution in [0.3, 0.4) is 0 Å². The van der Waals surface area contributed by atoms with Crippen LogP contribution in [-0.2, 0) is 19.1 Å². The molecule has 0 amide bonds. The first kappa shape index (κ1) is 18.2. The fraction of sp³-hybridized carbons (Fsp3) is 0.889. The maximum Gasteiger partial charge on any atom is 0.306 e. The molecule has 0 aromatic carbocycles. The summed E-state index contributed by atoms with van der Waals surface area (Å²) in [6.07, 6.45) is 8.61. The average molecular weight is 325 g/mol. The number of carbonyl (C=O) groups is 2. The summed E-state index contributed by atoms with van der Waals surface area (Å²) < 4.78 is 11.1. The van der Waals surface area contributed by atoms with E-state index in [-0.39, 0.29) is 30.2 Å². The van der Waals surface area contributed by atoms with Crippen molar-refractivity contribution in [2.24, 2.45) is 0 Å². The van der Waals surface area contributed by atoms with Crippen molar-refractivity contribution >= 4 is 11.9 Å². The topological polar surface area (TPSA) is 55.8 Å². The van der Waals surface area contributed by atoms with E-state index in [9.17, 15) is 9.59 Å². The highest BCUT2D eigenvalue weighted by atomic mass is 16.6. The zero-order valence-corrected chi connectivity index (χ0v) is 14.8. The van der Waals surface area contributed by atoms with Gasteiger partial charge in [-0.2, -0.15) is 0 Å². The summed E-state index contributed by atoms with van der Waals surface area (Å²) in [5, 5.41) is 0. The lowest BCUT2D eigenvalue weighted by Crippen LogP contribution is -2.46. The molecule has 23 heavy (non-hydrogen) atoms. The Morgan fingerprint density at radius 3 is 2.48 bits per heavy atom. The molecule has 2 rings (SSSR count). The number of fused-ring (bicyclic) bond motifs is 2. The van der Waals surface area contributed by atoms with Crippen LogP contribution in [0, 0.1) is 0 Å². The molecule has 5 heteroatoms. The summed E-state index contributed by atoms with van der Waals surface area (Å²) in [7, 11) is 2.07. The van der Waals surface area contributed by atoms with E-state index >= 15 is 0 Å². The molecule has 2 aliphatic heterocycles. The number of piperidine rings is 1. The molecule has 2 bridgehead atoms. The Labute approximate surface area is 139 Å². The van der Waals surface area contributed by atoms with Gasteiger partial charge in [0.15, 0.2) is 0 Å². The Balaban J connectivity index is 1.73. The minimum atomic E-state index is -0.225. The van der Waals surface area contributed by atoms with E-state index in [1.54, 1.807) is 0 Å². The number of esters is 2. The van der Waals surface area contributed by atoms with Gasteiger partial charge in [0.05, 0.1) is 6.04 Å². The van der Waals surface area contributed by atoms with E-state index in [1.165, 1.54) is 26.2 Å². The van der Waals surface area contributed by atoms with Crippen molar-refractivity contribution in [2.75, 3.05) is 7.05 Å². The van der Waals surface area contributed by atoms with Crippen LogP contribution >= 0.6 is 0 Å². The Hall–Kier alpha value is -1.10. The lowest BCUT2D eigenvalue weighted by molar-refractivity contribution is -0.155. The van der Waals surface area contributed by atoms with Gasteiger partial charge in [-0.25, -0.2) is 0 Å². The van der Waals surface area contributed by atoms with Crippen LogP contribution in [0.25, 0.3) is 0 Å². The van der Waals surface area contributed by atoms with Gasteiger partial charge in [0, 0.05) is 38.6 Å². The SMILES string of the molecule is CCCCCCCC(=O)OC1CC2CC(OC(C)=O)C(C1)N2C. The van der Waals surface area contributed by atoms with Gasteiger partial charge in [-0.1, -0.05) is 32.6 Å². The van der Waals surface area contributed by atoms with Crippen molar-refractivity contribution in [1.82, 2.24) is 4.90 Å². The molecule has 2 fully saturated rings. The van der Waals surface area contributed by atoms with Crippen LogP contribution in [0.2, 0.25) is 0 Å². The third kappa shape index (κ3) is 5.20. The Bertz CT molecular complexity index is 412. The first-order valence-corrected chi connectivity index (χ1v) is 9.09. The summed E-state index contributed by atoms with van der Waals surface area (Å²) in [5.41, 5.74) is 0. The van der Waals surface area contributed by atoms with Crippen LogP contribution in [0.4, 0.5) is 0 Å². The summed E-state index contributed by atoms with van der Waals surface area (Å²) in [4.78, 5) is 25.5. The molecule has 4 atom stereocenters. The number of unbranched alkanes of at least 4 members (excludes halogenated alkanes) is 4. The van der Waals surface area contributed by atoms with Gasteiger partial charge in [-0.05, 0) is 13.5 Å². The molecular weight excluding hydrogens is 294 g/mol. The van der Waals surface area contributed by atoms with Crippen molar-refractivity contribution in [3.8, 4) is 0 Å². The number of ether oxygens (including phenoxy) is 2. The highest BCUT2D eigenvalue weighted by Gasteiger charge is 2.47. The van der Waals surface area contributed by atoms with Crippen LogP contribution in [0.15, 0.2) is 0 Å². The molecule has 0 aromatic rings. The third-order valence-electron chi connectivity index (χ3n) is 5.17. The second-order valence-corrected chi connectivity index (χ2v) is 7.02. The van der Waals surface area contributed by atoms with Gasteiger partial charge in [-0.3, -0.25) is 14.5 Å². The zero-order valence-electron chi connectivity index (χ0n) is 14.8. The number of nitrogens with zero attached hydrogens (tertiary/aromatic N) is 1. The first-order valence-electron chi connectivity index (χ1n) is 9.09. The lowest BCUT2D eigenvalue weighted by Gasteiger charge is -2.36. The Morgan fingerprint density at radius 1 is 1.04 bits per heavy atom. The molecule has 0 saturated carbocycles. The molecule has 4 unspecified atom stereocenters. The van der Waals surface area contributed by atoms with Gasteiger partial charge in [-0.15, -0.1) is 0 Å². The van der Waals surface area contributed by atoms with Gasteiger partial charge in [0.1, 0.15) is 12.2 Å². The van der Waals surface area contributed by atoms with Gasteiger partial charge < -0.3 is 9.47 Å². The quantitative estimate of drug-likeness (QED) is 0.507. The molecule has 2 saturated heterocycles. The fourth-order valence-corrected chi connectivity index (χ4v) is 3.93. The second kappa shape index (κ2) is 8.67. The molecule has 0 aromatic heterocycles. The average Bonchev–Trinajstić information content (AvgIpc) is 2.66. The molecule has 2 heterocycles. The summed E-state index contributed by atoms with van der Waals surface area (Å²) >= 11 is 0.